The van der Waals surface area contributed by atoms with Crippen molar-refractivity contribution in [3.8, 4) is 6.07 Å². The number of unbranched alkanes of at least 4 members (excludes halogenated alkanes) is 1. The normalized spacial score (nSPS) is 15.5. The highest BCUT2D eigenvalue weighted by atomic mass is 15.1. The number of anilines is 1. The molecular formula is C14H20N4. The average molecular weight is 244 g/mol. The van der Waals surface area contributed by atoms with Gasteiger partial charge in [-0.05, 0) is 57.5 Å². The molecule has 1 saturated heterocycles. The molecule has 0 saturated carbocycles. The number of rotatable bonds is 6. The summed E-state index contributed by atoms with van der Waals surface area (Å²) >= 11 is 0. The van der Waals surface area contributed by atoms with Crippen molar-refractivity contribution in [3.63, 3.8) is 0 Å². The Bertz CT molecular complexity index is 405. The summed E-state index contributed by atoms with van der Waals surface area (Å²) in [6.07, 6.45) is 6.77. The predicted octanol–water partition coefficient (Wildman–Crippen LogP) is 2.24. The molecule has 2 rings (SSSR count). The first-order valence-electron chi connectivity index (χ1n) is 6.71. The fourth-order valence-electron chi connectivity index (χ4n) is 2.31. The summed E-state index contributed by atoms with van der Waals surface area (Å²) in [6.45, 7) is 4.63. The van der Waals surface area contributed by atoms with E-state index < -0.39 is 0 Å². The minimum absolute atomic E-state index is 0.622. The minimum atomic E-state index is 0.622. The highest BCUT2D eigenvalue weighted by Gasteiger charge is 2.10. The first-order chi connectivity index (χ1) is 8.90. The molecule has 0 aromatic carbocycles. The van der Waals surface area contributed by atoms with Gasteiger partial charge in [0.25, 0.3) is 0 Å². The zero-order valence-electron chi connectivity index (χ0n) is 10.7. The van der Waals surface area contributed by atoms with E-state index in [9.17, 15) is 0 Å². The smallest absolute Gasteiger partial charge is 0.143 e. The fraction of sp³-hybridized carbons (Fsp3) is 0.571. The van der Waals surface area contributed by atoms with Crippen LogP contribution in [0.5, 0.6) is 0 Å². The number of nitrogens with one attached hydrogen (secondary N) is 1. The summed E-state index contributed by atoms with van der Waals surface area (Å²) in [5.74, 6) is 0.709. The number of hydrogen-bond acceptors (Lipinski definition) is 4. The Morgan fingerprint density at radius 1 is 1.33 bits per heavy atom. The zero-order chi connectivity index (χ0) is 12.6. The Labute approximate surface area is 109 Å². The van der Waals surface area contributed by atoms with E-state index in [1.54, 1.807) is 18.3 Å². The van der Waals surface area contributed by atoms with Gasteiger partial charge in [0.15, 0.2) is 0 Å². The highest BCUT2D eigenvalue weighted by molar-refractivity contribution is 5.50. The van der Waals surface area contributed by atoms with Gasteiger partial charge in [-0.15, -0.1) is 0 Å². The molecule has 0 atom stereocenters. The van der Waals surface area contributed by atoms with Gasteiger partial charge in [0.05, 0.1) is 5.56 Å². The molecule has 1 N–H and O–H groups in total. The third-order valence-corrected chi connectivity index (χ3v) is 3.32. The molecule has 1 fully saturated rings. The number of aromatic nitrogens is 1. The Kier molecular flexibility index (Phi) is 4.98. The quantitative estimate of drug-likeness (QED) is 0.780. The van der Waals surface area contributed by atoms with E-state index in [0.717, 1.165) is 13.0 Å². The molecule has 1 aliphatic heterocycles. The maximum Gasteiger partial charge on any atom is 0.143 e. The van der Waals surface area contributed by atoms with Gasteiger partial charge in [-0.1, -0.05) is 0 Å². The molecule has 0 bridgehead atoms. The molecule has 0 aliphatic carbocycles. The van der Waals surface area contributed by atoms with Crippen LogP contribution in [-0.4, -0.2) is 36.1 Å². The van der Waals surface area contributed by atoms with Crippen molar-refractivity contribution in [1.82, 2.24) is 9.88 Å². The molecule has 2 heterocycles. The molecule has 0 amide bonds. The number of nitrogens with zero attached hydrogens (tertiary/aromatic N) is 3. The topological polar surface area (TPSA) is 52.0 Å². The van der Waals surface area contributed by atoms with Crippen LogP contribution < -0.4 is 5.32 Å². The van der Waals surface area contributed by atoms with Gasteiger partial charge in [0.2, 0.25) is 0 Å². The third kappa shape index (κ3) is 3.71. The summed E-state index contributed by atoms with van der Waals surface area (Å²) < 4.78 is 0. The SMILES string of the molecule is N#Cc1cccnc1NCCCCN1CCCC1. The predicted molar refractivity (Wildman–Crippen MR) is 72.3 cm³/mol. The summed E-state index contributed by atoms with van der Waals surface area (Å²) in [5.41, 5.74) is 0.622. The Morgan fingerprint density at radius 3 is 2.94 bits per heavy atom. The van der Waals surface area contributed by atoms with Crippen molar-refractivity contribution in [1.29, 1.82) is 5.26 Å². The molecular weight excluding hydrogens is 224 g/mol. The van der Waals surface area contributed by atoms with Crippen molar-refractivity contribution in [2.24, 2.45) is 0 Å². The van der Waals surface area contributed by atoms with E-state index in [0.29, 0.717) is 11.4 Å². The van der Waals surface area contributed by atoms with Crippen LogP contribution in [-0.2, 0) is 0 Å². The van der Waals surface area contributed by atoms with E-state index in [2.05, 4.69) is 21.3 Å². The van der Waals surface area contributed by atoms with Crippen LogP contribution in [0.25, 0.3) is 0 Å². The lowest BCUT2D eigenvalue weighted by Gasteiger charge is -2.14. The van der Waals surface area contributed by atoms with E-state index >= 15 is 0 Å². The van der Waals surface area contributed by atoms with Crippen molar-refractivity contribution < 1.29 is 0 Å². The second-order valence-electron chi connectivity index (χ2n) is 4.69. The van der Waals surface area contributed by atoms with Gasteiger partial charge in [0.1, 0.15) is 11.9 Å². The summed E-state index contributed by atoms with van der Waals surface area (Å²) in [4.78, 5) is 6.71. The molecule has 0 spiro atoms. The lowest BCUT2D eigenvalue weighted by atomic mass is 10.2. The van der Waals surface area contributed by atoms with Crippen molar-refractivity contribution in [2.75, 3.05) is 31.5 Å². The lowest BCUT2D eigenvalue weighted by Crippen LogP contribution is -2.21. The molecule has 1 aromatic heterocycles. The van der Waals surface area contributed by atoms with E-state index in [1.165, 1.54) is 38.9 Å². The number of hydrogen-bond donors (Lipinski definition) is 1. The van der Waals surface area contributed by atoms with Crippen LogP contribution in [0, 0.1) is 11.3 Å². The van der Waals surface area contributed by atoms with Gasteiger partial charge in [-0.25, -0.2) is 4.98 Å². The highest BCUT2D eigenvalue weighted by Crippen LogP contribution is 2.11. The van der Waals surface area contributed by atoms with Crippen LogP contribution in [0.1, 0.15) is 31.2 Å². The number of likely N-dealkylation sites (tertiary alicyclic amines) is 1. The Morgan fingerprint density at radius 2 is 2.17 bits per heavy atom. The third-order valence-electron chi connectivity index (χ3n) is 3.32. The average Bonchev–Trinajstić information content (AvgIpc) is 2.92. The molecule has 0 radical (unpaired) electrons. The monoisotopic (exact) mass is 244 g/mol. The van der Waals surface area contributed by atoms with E-state index in [-0.39, 0.29) is 0 Å². The van der Waals surface area contributed by atoms with Crippen molar-refractivity contribution >= 4 is 5.82 Å². The number of nitriles is 1. The molecule has 18 heavy (non-hydrogen) atoms. The lowest BCUT2D eigenvalue weighted by molar-refractivity contribution is 0.331. The van der Waals surface area contributed by atoms with Gasteiger partial charge in [-0.3, -0.25) is 0 Å². The minimum Gasteiger partial charge on any atom is -0.369 e. The number of pyridine rings is 1. The zero-order valence-corrected chi connectivity index (χ0v) is 10.7. The first-order valence-corrected chi connectivity index (χ1v) is 6.71. The van der Waals surface area contributed by atoms with Crippen LogP contribution in [0.4, 0.5) is 5.82 Å². The standard InChI is InChI=1S/C14H20N4/c15-12-13-6-5-8-17-14(13)16-7-1-2-9-18-10-3-4-11-18/h5-6,8H,1-4,7,9-11H2,(H,16,17). The van der Waals surface area contributed by atoms with Crippen LogP contribution in [0.2, 0.25) is 0 Å². The Hall–Kier alpha value is -1.60. The van der Waals surface area contributed by atoms with Crippen LogP contribution >= 0.6 is 0 Å². The molecule has 4 nitrogen and oxygen atoms in total. The second-order valence-corrected chi connectivity index (χ2v) is 4.69. The molecule has 1 aliphatic rings. The van der Waals surface area contributed by atoms with Gasteiger partial charge in [-0.2, -0.15) is 5.26 Å². The molecule has 0 unspecified atom stereocenters. The molecule has 1 aromatic rings. The summed E-state index contributed by atoms with van der Waals surface area (Å²) in [6, 6.07) is 5.73. The van der Waals surface area contributed by atoms with E-state index in [4.69, 9.17) is 5.26 Å². The summed E-state index contributed by atoms with van der Waals surface area (Å²) in [5, 5.41) is 12.2. The van der Waals surface area contributed by atoms with Crippen molar-refractivity contribution in [3.05, 3.63) is 23.9 Å². The van der Waals surface area contributed by atoms with Crippen LogP contribution in [0.15, 0.2) is 18.3 Å². The maximum atomic E-state index is 8.93. The van der Waals surface area contributed by atoms with Gasteiger partial charge < -0.3 is 10.2 Å². The Balaban J connectivity index is 1.64. The summed E-state index contributed by atoms with van der Waals surface area (Å²) in [7, 11) is 0. The first kappa shape index (κ1) is 12.8. The molecule has 96 valence electrons. The molecule has 4 heteroatoms. The second kappa shape index (κ2) is 6.97. The van der Waals surface area contributed by atoms with Crippen molar-refractivity contribution in [2.45, 2.75) is 25.7 Å². The van der Waals surface area contributed by atoms with Gasteiger partial charge >= 0.3 is 0 Å². The largest absolute Gasteiger partial charge is 0.369 e. The fourth-order valence-corrected chi connectivity index (χ4v) is 2.31. The van der Waals surface area contributed by atoms with Gasteiger partial charge in [0, 0.05) is 12.7 Å². The maximum absolute atomic E-state index is 8.93. The van der Waals surface area contributed by atoms with Crippen LogP contribution in [0.3, 0.4) is 0 Å². The van der Waals surface area contributed by atoms with E-state index in [1.807, 2.05) is 0 Å².